The van der Waals surface area contributed by atoms with Crippen molar-refractivity contribution in [2.45, 2.75) is 6.92 Å². The van der Waals surface area contributed by atoms with Crippen LogP contribution >= 0.6 is 11.6 Å². The van der Waals surface area contributed by atoms with Gasteiger partial charge in [-0.25, -0.2) is 0 Å². The van der Waals surface area contributed by atoms with E-state index in [0.717, 1.165) is 11.3 Å². The van der Waals surface area contributed by atoms with Gasteiger partial charge in [0.05, 0.1) is 0 Å². The van der Waals surface area contributed by atoms with E-state index in [2.05, 4.69) is 0 Å². The molecule has 5 heteroatoms. The maximum atomic E-state index is 7.31. The summed E-state index contributed by atoms with van der Waals surface area (Å²) in [5.41, 5.74) is 7.09. The van der Waals surface area contributed by atoms with Crippen LogP contribution in [0.2, 0.25) is 5.02 Å². The maximum absolute atomic E-state index is 7.31. The van der Waals surface area contributed by atoms with Gasteiger partial charge in [-0.05, 0) is 48.9 Å². The van der Waals surface area contributed by atoms with E-state index in [0.29, 0.717) is 29.5 Å². The van der Waals surface area contributed by atoms with E-state index in [1.54, 1.807) is 30.3 Å². The third kappa shape index (κ3) is 4.39. The average Bonchev–Trinajstić information content (AvgIpc) is 2.47. The number of aryl methyl sites for hydroxylation is 1. The molecule has 0 aromatic heterocycles. The summed E-state index contributed by atoms with van der Waals surface area (Å²) < 4.78 is 11.2. The first-order chi connectivity index (χ1) is 10.1. The minimum Gasteiger partial charge on any atom is -0.490 e. The van der Waals surface area contributed by atoms with Gasteiger partial charge in [-0.2, -0.15) is 0 Å². The lowest BCUT2D eigenvalue weighted by Gasteiger charge is -2.11. The van der Waals surface area contributed by atoms with Crippen LogP contribution in [0.15, 0.2) is 42.5 Å². The molecule has 110 valence electrons. The van der Waals surface area contributed by atoms with Gasteiger partial charge in [-0.3, -0.25) is 5.41 Å². The summed E-state index contributed by atoms with van der Waals surface area (Å²) in [4.78, 5) is 0. The highest BCUT2D eigenvalue weighted by Gasteiger charge is 2.01. The Kier molecular flexibility index (Phi) is 5.06. The van der Waals surface area contributed by atoms with Gasteiger partial charge in [0.1, 0.15) is 30.5 Å². The van der Waals surface area contributed by atoms with Crippen LogP contribution in [0.5, 0.6) is 11.5 Å². The summed E-state index contributed by atoms with van der Waals surface area (Å²) >= 11 is 5.93. The number of halogens is 1. The molecule has 2 rings (SSSR count). The highest BCUT2D eigenvalue weighted by Crippen LogP contribution is 2.22. The molecule has 0 saturated carbocycles. The van der Waals surface area contributed by atoms with Crippen LogP contribution < -0.4 is 15.2 Å². The first-order valence-electron chi connectivity index (χ1n) is 6.52. The SMILES string of the molecule is Cc1ccc(Cl)cc1OCCOc1ccc(C(=N)N)cc1. The highest BCUT2D eigenvalue weighted by molar-refractivity contribution is 6.30. The monoisotopic (exact) mass is 304 g/mol. The molecular weight excluding hydrogens is 288 g/mol. The third-order valence-electron chi connectivity index (χ3n) is 2.93. The highest BCUT2D eigenvalue weighted by atomic mass is 35.5. The molecule has 0 saturated heterocycles. The Morgan fingerprint density at radius 2 is 1.76 bits per heavy atom. The molecule has 0 amide bonds. The zero-order valence-corrected chi connectivity index (χ0v) is 12.5. The lowest BCUT2D eigenvalue weighted by molar-refractivity contribution is 0.216. The summed E-state index contributed by atoms with van der Waals surface area (Å²) in [7, 11) is 0. The molecule has 0 spiro atoms. The van der Waals surface area contributed by atoms with E-state index in [1.807, 2.05) is 19.1 Å². The van der Waals surface area contributed by atoms with Crippen molar-refractivity contribution in [1.29, 1.82) is 5.41 Å². The molecule has 0 atom stereocenters. The zero-order valence-electron chi connectivity index (χ0n) is 11.7. The standard InChI is InChI=1S/C16H17ClN2O2/c1-11-2-5-13(17)10-15(11)21-9-8-20-14-6-3-12(4-7-14)16(18)19/h2-7,10H,8-9H2,1H3,(H3,18,19). The average molecular weight is 305 g/mol. The Morgan fingerprint density at radius 1 is 1.10 bits per heavy atom. The number of amidine groups is 1. The molecule has 0 aliphatic heterocycles. The molecule has 4 nitrogen and oxygen atoms in total. The fourth-order valence-electron chi connectivity index (χ4n) is 1.77. The van der Waals surface area contributed by atoms with E-state index < -0.39 is 0 Å². The van der Waals surface area contributed by atoms with Crippen molar-refractivity contribution < 1.29 is 9.47 Å². The topological polar surface area (TPSA) is 68.3 Å². The Morgan fingerprint density at radius 3 is 2.43 bits per heavy atom. The first-order valence-corrected chi connectivity index (χ1v) is 6.90. The number of nitrogen functional groups attached to an aromatic ring is 1. The van der Waals surface area contributed by atoms with Crippen LogP contribution in [-0.2, 0) is 0 Å². The molecule has 0 fully saturated rings. The Labute approximate surface area is 129 Å². The van der Waals surface area contributed by atoms with Gasteiger partial charge < -0.3 is 15.2 Å². The van der Waals surface area contributed by atoms with Gasteiger partial charge >= 0.3 is 0 Å². The Hall–Kier alpha value is -2.20. The van der Waals surface area contributed by atoms with Crippen molar-refractivity contribution >= 4 is 17.4 Å². The van der Waals surface area contributed by atoms with Crippen LogP contribution in [-0.4, -0.2) is 19.0 Å². The lowest BCUT2D eigenvalue weighted by atomic mass is 10.2. The molecule has 0 radical (unpaired) electrons. The second kappa shape index (κ2) is 6.99. The second-order valence-electron chi connectivity index (χ2n) is 4.54. The fraction of sp³-hybridized carbons (Fsp3) is 0.188. The molecule has 2 aromatic carbocycles. The summed E-state index contributed by atoms with van der Waals surface area (Å²) in [5.74, 6) is 1.52. The number of nitrogens with two attached hydrogens (primary N) is 1. The molecule has 0 aliphatic rings. The van der Waals surface area contributed by atoms with Crippen molar-refractivity contribution in [3.8, 4) is 11.5 Å². The molecule has 3 N–H and O–H groups in total. The van der Waals surface area contributed by atoms with Crippen LogP contribution in [0, 0.1) is 12.3 Å². The maximum Gasteiger partial charge on any atom is 0.123 e. The zero-order chi connectivity index (χ0) is 15.2. The molecule has 2 aromatic rings. The number of nitrogens with one attached hydrogen (secondary N) is 1. The molecule has 0 heterocycles. The molecule has 0 aliphatic carbocycles. The van der Waals surface area contributed by atoms with Crippen molar-refractivity contribution in [3.63, 3.8) is 0 Å². The largest absolute Gasteiger partial charge is 0.490 e. The summed E-state index contributed by atoms with van der Waals surface area (Å²) in [5, 5.41) is 7.96. The predicted octanol–water partition coefficient (Wildman–Crippen LogP) is 3.39. The third-order valence-corrected chi connectivity index (χ3v) is 3.16. The van der Waals surface area contributed by atoms with Crippen LogP contribution in [0.1, 0.15) is 11.1 Å². The molecule has 0 unspecified atom stereocenters. The Balaban J connectivity index is 1.81. The van der Waals surface area contributed by atoms with E-state index in [1.165, 1.54) is 0 Å². The van der Waals surface area contributed by atoms with E-state index in [9.17, 15) is 0 Å². The van der Waals surface area contributed by atoms with Crippen LogP contribution in [0.25, 0.3) is 0 Å². The van der Waals surface area contributed by atoms with Gasteiger partial charge in [-0.15, -0.1) is 0 Å². The number of hydrogen-bond acceptors (Lipinski definition) is 3. The van der Waals surface area contributed by atoms with Gasteiger partial charge in [0.2, 0.25) is 0 Å². The minimum atomic E-state index is 0.0429. The number of hydrogen-bond donors (Lipinski definition) is 2. The number of rotatable bonds is 6. The van der Waals surface area contributed by atoms with Gasteiger partial charge in [0, 0.05) is 10.6 Å². The van der Waals surface area contributed by atoms with Crippen molar-refractivity contribution in [2.24, 2.45) is 5.73 Å². The van der Waals surface area contributed by atoms with Gasteiger partial charge in [-0.1, -0.05) is 17.7 Å². The van der Waals surface area contributed by atoms with Crippen LogP contribution in [0.4, 0.5) is 0 Å². The smallest absolute Gasteiger partial charge is 0.123 e. The lowest BCUT2D eigenvalue weighted by Crippen LogP contribution is -2.11. The van der Waals surface area contributed by atoms with E-state index in [4.69, 9.17) is 32.2 Å². The van der Waals surface area contributed by atoms with Crippen LogP contribution in [0.3, 0.4) is 0 Å². The summed E-state index contributed by atoms with van der Waals surface area (Å²) in [6.45, 7) is 2.81. The number of benzene rings is 2. The quantitative estimate of drug-likeness (QED) is 0.488. The van der Waals surface area contributed by atoms with E-state index >= 15 is 0 Å². The summed E-state index contributed by atoms with van der Waals surface area (Å²) in [6, 6.07) is 12.6. The second-order valence-corrected chi connectivity index (χ2v) is 4.98. The molecule has 21 heavy (non-hydrogen) atoms. The minimum absolute atomic E-state index is 0.0429. The number of ether oxygens (including phenoxy) is 2. The normalized spacial score (nSPS) is 10.2. The summed E-state index contributed by atoms with van der Waals surface area (Å²) in [6.07, 6.45) is 0. The predicted molar refractivity (Wildman–Crippen MR) is 84.6 cm³/mol. The van der Waals surface area contributed by atoms with Crippen molar-refractivity contribution in [1.82, 2.24) is 0 Å². The fourth-order valence-corrected chi connectivity index (χ4v) is 1.93. The molecule has 0 bridgehead atoms. The molecular formula is C16H17ClN2O2. The van der Waals surface area contributed by atoms with Gasteiger partial charge in [0.25, 0.3) is 0 Å². The Bertz CT molecular complexity index is 627. The first kappa shape index (κ1) is 15.2. The van der Waals surface area contributed by atoms with E-state index in [-0.39, 0.29) is 5.84 Å². The van der Waals surface area contributed by atoms with Crippen molar-refractivity contribution in [2.75, 3.05) is 13.2 Å². The van der Waals surface area contributed by atoms with Gasteiger partial charge in [0.15, 0.2) is 0 Å². The van der Waals surface area contributed by atoms with Crippen molar-refractivity contribution in [3.05, 3.63) is 58.6 Å².